The molecule has 1 amide bonds. The molecule has 0 aromatic heterocycles. The largest absolute Gasteiger partial charge is 0.492 e. The highest BCUT2D eigenvalue weighted by Gasteiger charge is 2.18. The Morgan fingerprint density at radius 2 is 1.75 bits per heavy atom. The Labute approximate surface area is 191 Å². The van der Waals surface area contributed by atoms with Crippen LogP contribution in [-0.2, 0) is 11.3 Å². The van der Waals surface area contributed by atoms with Crippen molar-refractivity contribution < 1.29 is 9.53 Å². The molecule has 1 aliphatic heterocycles. The Bertz CT molecular complexity index is 1040. The fraction of sp³-hybridized carbons (Fsp3) is 0.370. The molecule has 0 unspecified atom stereocenters. The van der Waals surface area contributed by atoms with E-state index in [9.17, 15) is 4.79 Å². The zero-order valence-electron chi connectivity index (χ0n) is 19.1. The molecular formula is C27H33N3O2. The van der Waals surface area contributed by atoms with Crippen molar-refractivity contribution in [1.29, 1.82) is 0 Å². The standard InChI is InChI=1S/C27H33N3O2/c1-21(26-12-6-9-24-8-3-4-11-27(24)26)28-20-23-7-5-10-25(19-23)32-18-17-29-13-15-30(16-14-29)22(2)31/h3-12,19,21,28H,13-18,20H2,1-2H3/t21-/m0/s1. The Morgan fingerprint density at radius 1 is 1.00 bits per heavy atom. The number of nitrogens with zero attached hydrogens (tertiary/aromatic N) is 2. The molecule has 1 saturated heterocycles. The van der Waals surface area contributed by atoms with Crippen LogP contribution in [0.2, 0.25) is 0 Å². The molecule has 0 saturated carbocycles. The van der Waals surface area contributed by atoms with Gasteiger partial charge in [-0.1, -0.05) is 54.6 Å². The van der Waals surface area contributed by atoms with E-state index in [4.69, 9.17) is 4.74 Å². The molecule has 1 heterocycles. The number of amides is 1. The summed E-state index contributed by atoms with van der Waals surface area (Å²) in [6, 6.07) is 23.6. The minimum atomic E-state index is 0.168. The number of carbonyl (C=O) groups is 1. The number of piperazine rings is 1. The second-order valence-electron chi connectivity index (χ2n) is 8.51. The number of carbonyl (C=O) groups excluding carboxylic acids is 1. The second kappa shape index (κ2) is 10.6. The monoisotopic (exact) mass is 431 g/mol. The van der Waals surface area contributed by atoms with Gasteiger partial charge in [-0.05, 0) is 41.0 Å². The van der Waals surface area contributed by atoms with Gasteiger partial charge in [-0.2, -0.15) is 0 Å². The van der Waals surface area contributed by atoms with Crippen LogP contribution in [0.25, 0.3) is 10.8 Å². The van der Waals surface area contributed by atoms with Crippen LogP contribution in [0.3, 0.4) is 0 Å². The van der Waals surface area contributed by atoms with Gasteiger partial charge in [0.05, 0.1) is 0 Å². The van der Waals surface area contributed by atoms with E-state index in [0.717, 1.165) is 45.0 Å². The van der Waals surface area contributed by atoms with Crippen LogP contribution in [0.1, 0.15) is 31.0 Å². The quantitative estimate of drug-likeness (QED) is 0.580. The van der Waals surface area contributed by atoms with Crippen molar-refractivity contribution in [2.45, 2.75) is 26.4 Å². The molecule has 1 N–H and O–H groups in total. The van der Waals surface area contributed by atoms with Gasteiger partial charge in [-0.3, -0.25) is 9.69 Å². The van der Waals surface area contributed by atoms with Gasteiger partial charge in [-0.25, -0.2) is 0 Å². The Morgan fingerprint density at radius 3 is 2.56 bits per heavy atom. The van der Waals surface area contributed by atoms with Crippen LogP contribution in [-0.4, -0.2) is 55.0 Å². The number of hydrogen-bond acceptors (Lipinski definition) is 4. The molecule has 1 aliphatic rings. The van der Waals surface area contributed by atoms with E-state index >= 15 is 0 Å². The third-order valence-corrected chi connectivity index (χ3v) is 6.29. The lowest BCUT2D eigenvalue weighted by Crippen LogP contribution is -2.48. The zero-order chi connectivity index (χ0) is 22.3. The van der Waals surface area contributed by atoms with Gasteiger partial charge in [0.15, 0.2) is 0 Å². The Kier molecular flexibility index (Phi) is 7.40. The smallest absolute Gasteiger partial charge is 0.219 e. The first-order valence-corrected chi connectivity index (χ1v) is 11.5. The van der Waals surface area contributed by atoms with Crippen LogP contribution in [0, 0.1) is 0 Å². The normalized spacial score (nSPS) is 15.6. The van der Waals surface area contributed by atoms with Crippen molar-refractivity contribution in [3.05, 3.63) is 77.9 Å². The molecule has 32 heavy (non-hydrogen) atoms. The average Bonchev–Trinajstić information content (AvgIpc) is 2.83. The van der Waals surface area contributed by atoms with E-state index in [0.29, 0.717) is 6.61 Å². The highest BCUT2D eigenvalue weighted by molar-refractivity contribution is 5.86. The molecule has 3 aromatic rings. The van der Waals surface area contributed by atoms with Crippen molar-refractivity contribution in [1.82, 2.24) is 15.1 Å². The van der Waals surface area contributed by atoms with Gasteiger partial charge in [0.1, 0.15) is 12.4 Å². The molecule has 0 bridgehead atoms. The van der Waals surface area contributed by atoms with Gasteiger partial charge in [0, 0.05) is 52.2 Å². The maximum atomic E-state index is 11.4. The number of benzene rings is 3. The molecule has 0 aliphatic carbocycles. The van der Waals surface area contributed by atoms with E-state index in [1.165, 1.54) is 21.9 Å². The van der Waals surface area contributed by atoms with Crippen LogP contribution >= 0.6 is 0 Å². The fourth-order valence-corrected chi connectivity index (χ4v) is 4.33. The highest BCUT2D eigenvalue weighted by atomic mass is 16.5. The van der Waals surface area contributed by atoms with Crippen molar-refractivity contribution in [2.75, 3.05) is 39.3 Å². The summed E-state index contributed by atoms with van der Waals surface area (Å²) in [7, 11) is 0. The minimum Gasteiger partial charge on any atom is -0.492 e. The van der Waals surface area contributed by atoms with E-state index in [-0.39, 0.29) is 11.9 Å². The fourth-order valence-electron chi connectivity index (χ4n) is 4.33. The van der Waals surface area contributed by atoms with Gasteiger partial charge < -0.3 is 15.0 Å². The van der Waals surface area contributed by atoms with Crippen LogP contribution in [0.15, 0.2) is 66.7 Å². The second-order valence-corrected chi connectivity index (χ2v) is 8.51. The maximum absolute atomic E-state index is 11.4. The summed E-state index contributed by atoms with van der Waals surface area (Å²) in [5, 5.41) is 6.24. The number of hydrogen-bond donors (Lipinski definition) is 1. The summed E-state index contributed by atoms with van der Waals surface area (Å²) in [5.41, 5.74) is 2.53. The summed E-state index contributed by atoms with van der Waals surface area (Å²) in [6.45, 7) is 9.64. The van der Waals surface area contributed by atoms with Gasteiger partial charge in [0.2, 0.25) is 5.91 Å². The summed E-state index contributed by atoms with van der Waals surface area (Å²) in [4.78, 5) is 15.7. The lowest BCUT2D eigenvalue weighted by Gasteiger charge is -2.34. The van der Waals surface area contributed by atoms with Gasteiger partial charge >= 0.3 is 0 Å². The van der Waals surface area contributed by atoms with Crippen molar-refractivity contribution in [3.63, 3.8) is 0 Å². The van der Waals surface area contributed by atoms with Gasteiger partial charge in [0.25, 0.3) is 0 Å². The van der Waals surface area contributed by atoms with E-state index in [1.54, 1.807) is 6.92 Å². The van der Waals surface area contributed by atoms with Crippen molar-refractivity contribution in [2.24, 2.45) is 0 Å². The first kappa shape index (κ1) is 22.3. The Hall–Kier alpha value is -2.89. The maximum Gasteiger partial charge on any atom is 0.219 e. The average molecular weight is 432 g/mol. The number of rotatable bonds is 8. The van der Waals surface area contributed by atoms with E-state index in [2.05, 4.69) is 77.8 Å². The van der Waals surface area contributed by atoms with Crippen LogP contribution < -0.4 is 10.1 Å². The molecule has 5 nitrogen and oxygen atoms in total. The SMILES string of the molecule is CC(=O)N1CCN(CCOc2cccc(CN[C@@H](C)c3cccc4ccccc34)c2)CC1. The van der Waals surface area contributed by atoms with E-state index in [1.807, 2.05) is 11.0 Å². The molecule has 4 rings (SSSR count). The van der Waals surface area contributed by atoms with E-state index < -0.39 is 0 Å². The lowest BCUT2D eigenvalue weighted by atomic mass is 9.99. The predicted octanol–water partition coefficient (Wildman–Crippen LogP) is 4.23. The summed E-state index contributed by atoms with van der Waals surface area (Å²) in [6.07, 6.45) is 0. The van der Waals surface area contributed by atoms with Crippen LogP contribution in [0.4, 0.5) is 0 Å². The lowest BCUT2D eigenvalue weighted by molar-refractivity contribution is -0.130. The predicted molar refractivity (Wildman–Crippen MR) is 130 cm³/mol. The topological polar surface area (TPSA) is 44.8 Å². The van der Waals surface area contributed by atoms with Crippen molar-refractivity contribution >= 4 is 16.7 Å². The highest BCUT2D eigenvalue weighted by Crippen LogP contribution is 2.24. The molecular weight excluding hydrogens is 398 g/mol. The minimum absolute atomic E-state index is 0.168. The third kappa shape index (κ3) is 5.67. The molecule has 168 valence electrons. The molecule has 1 fully saturated rings. The summed E-state index contributed by atoms with van der Waals surface area (Å²) < 4.78 is 6.02. The molecule has 3 aromatic carbocycles. The van der Waals surface area contributed by atoms with Gasteiger partial charge in [-0.15, -0.1) is 0 Å². The summed E-state index contributed by atoms with van der Waals surface area (Å²) >= 11 is 0. The van der Waals surface area contributed by atoms with Crippen molar-refractivity contribution in [3.8, 4) is 5.75 Å². The molecule has 5 heteroatoms. The molecule has 0 radical (unpaired) electrons. The Balaban J connectivity index is 1.26. The van der Waals surface area contributed by atoms with Crippen LogP contribution in [0.5, 0.6) is 5.75 Å². The number of ether oxygens (including phenoxy) is 1. The molecule has 1 atom stereocenters. The number of nitrogens with one attached hydrogen (secondary N) is 1. The third-order valence-electron chi connectivity index (χ3n) is 6.29. The zero-order valence-corrected chi connectivity index (χ0v) is 19.1. The first-order chi connectivity index (χ1) is 15.6. The summed E-state index contributed by atoms with van der Waals surface area (Å²) in [5.74, 6) is 1.07. The first-order valence-electron chi connectivity index (χ1n) is 11.5. The number of fused-ring (bicyclic) bond motifs is 1. The molecule has 0 spiro atoms.